The van der Waals surface area contributed by atoms with E-state index in [4.69, 9.17) is 20.6 Å². The van der Waals surface area contributed by atoms with Crippen LogP contribution in [0.15, 0.2) is 50.6 Å². The average Bonchev–Trinajstić information content (AvgIpc) is 2.40. The summed E-state index contributed by atoms with van der Waals surface area (Å²) >= 11 is 0. The van der Waals surface area contributed by atoms with Crippen LogP contribution in [0.1, 0.15) is 0 Å². The van der Waals surface area contributed by atoms with E-state index in [9.17, 15) is 14.4 Å². The van der Waals surface area contributed by atoms with Crippen molar-refractivity contribution in [3.63, 3.8) is 0 Å². The highest BCUT2D eigenvalue weighted by Crippen LogP contribution is 1.55. The molecule has 0 aliphatic rings. The zero-order valence-corrected chi connectivity index (χ0v) is 10.2. The zero-order valence-electron chi connectivity index (χ0n) is 10.2. The standard InChI is InChI=1S/C3H3N.3C3H4O2/c1-2-3-4;3*1-2-3(4)5/h2H,1H2;3*2H,1H2,(H,4,5). The molecule has 0 aromatic heterocycles. The summed E-state index contributed by atoms with van der Waals surface area (Å²) in [6, 6.07) is 1.69. The molecule has 0 aliphatic heterocycles. The third-order valence-electron chi connectivity index (χ3n) is 0.615. The van der Waals surface area contributed by atoms with Gasteiger partial charge >= 0.3 is 17.9 Å². The fraction of sp³-hybridized carbons (Fsp3) is 0. The Balaban J connectivity index is -0.0000000793. The van der Waals surface area contributed by atoms with Gasteiger partial charge in [0.25, 0.3) is 0 Å². The Morgan fingerprint density at radius 1 is 0.789 bits per heavy atom. The quantitative estimate of drug-likeness (QED) is 0.521. The minimum Gasteiger partial charge on any atom is -0.478 e. The molecule has 0 unspecified atom stereocenters. The zero-order chi connectivity index (χ0) is 16.3. The summed E-state index contributed by atoms with van der Waals surface area (Å²) in [6.45, 7) is 12.0. The lowest BCUT2D eigenvalue weighted by Gasteiger charge is -1.64. The molecule has 104 valence electrons. The molecule has 0 atom stereocenters. The number of nitrogens with zero attached hydrogens (tertiary/aromatic N) is 1. The monoisotopic (exact) mass is 269 g/mol. The van der Waals surface area contributed by atoms with E-state index in [1.165, 1.54) is 6.08 Å². The van der Waals surface area contributed by atoms with Crippen molar-refractivity contribution in [1.29, 1.82) is 5.26 Å². The van der Waals surface area contributed by atoms with Crippen molar-refractivity contribution in [2.24, 2.45) is 0 Å². The summed E-state index contributed by atoms with van der Waals surface area (Å²) < 4.78 is 0. The molecule has 0 spiro atoms. The molecule has 0 radical (unpaired) electrons. The third-order valence-corrected chi connectivity index (χ3v) is 0.615. The van der Waals surface area contributed by atoms with E-state index in [1.54, 1.807) is 6.07 Å². The number of nitriles is 1. The van der Waals surface area contributed by atoms with E-state index in [0.29, 0.717) is 0 Å². The Hall–Kier alpha value is -3.14. The van der Waals surface area contributed by atoms with Gasteiger partial charge in [0.15, 0.2) is 0 Å². The van der Waals surface area contributed by atoms with Crippen LogP contribution in [0.25, 0.3) is 0 Å². The first-order valence-corrected chi connectivity index (χ1v) is 4.29. The number of hydrogen-bond acceptors (Lipinski definition) is 4. The maximum absolute atomic E-state index is 9.25. The van der Waals surface area contributed by atoms with E-state index in [2.05, 4.69) is 26.3 Å². The minimum atomic E-state index is -0.981. The second-order valence-corrected chi connectivity index (χ2v) is 1.96. The van der Waals surface area contributed by atoms with Gasteiger partial charge in [-0.25, -0.2) is 14.4 Å². The molecule has 3 N–H and O–H groups in total. The molecule has 0 fully saturated rings. The molecular weight excluding hydrogens is 254 g/mol. The molecule has 7 heteroatoms. The normalized spacial score (nSPS) is 5.84. The van der Waals surface area contributed by atoms with Gasteiger partial charge in [0.1, 0.15) is 0 Å². The van der Waals surface area contributed by atoms with Crippen molar-refractivity contribution >= 4 is 17.9 Å². The summed E-state index contributed by atoms with van der Waals surface area (Å²) in [4.78, 5) is 27.8. The highest BCUT2D eigenvalue weighted by molar-refractivity contribution is 5.79. The van der Waals surface area contributed by atoms with E-state index in [1.807, 2.05) is 0 Å². The Kier molecular flexibility index (Phi) is 31.7. The molecular formula is C12H15NO6. The maximum Gasteiger partial charge on any atom is 0.327 e. The van der Waals surface area contributed by atoms with Gasteiger partial charge in [0, 0.05) is 24.3 Å². The van der Waals surface area contributed by atoms with Gasteiger partial charge < -0.3 is 15.3 Å². The molecule has 0 saturated heterocycles. The Morgan fingerprint density at radius 2 is 0.895 bits per heavy atom. The molecule has 0 amide bonds. The van der Waals surface area contributed by atoms with Gasteiger partial charge in [-0.2, -0.15) is 5.26 Å². The van der Waals surface area contributed by atoms with Gasteiger partial charge in [0.05, 0.1) is 6.07 Å². The predicted molar refractivity (Wildman–Crippen MR) is 69.3 cm³/mol. The van der Waals surface area contributed by atoms with E-state index < -0.39 is 17.9 Å². The SMILES string of the molecule is C=CC#N.C=CC(=O)O.C=CC(=O)O.C=CC(=O)O. The number of carbonyl (C=O) groups is 3. The van der Waals surface area contributed by atoms with Crippen LogP contribution in [0.3, 0.4) is 0 Å². The van der Waals surface area contributed by atoms with Crippen LogP contribution < -0.4 is 0 Å². The fourth-order valence-corrected chi connectivity index (χ4v) is 0. The third kappa shape index (κ3) is 165. The molecule has 7 nitrogen and oxygen atoms in total. The van der Waals surface area contributed by atoms with Gasteiger partial charge in [-0.15, -0.1) is 0 Å². The van der Waals surface area contributed by atoms with Gasteiger partial charge in [-0.05, 0) is 0 Å². The fourth-order valence-electron chi connectivity index (χ4n) is 0. The van der Waals surface area contributed by atoms with Crippen LogP contribution in [0.4, 0.5) is 0 Å². The summed E-state index contributed by atoms with van der Waals surface area (Å²) in [7, 11) is 0. The first kappa shape index (κ1) is 24.9. The van der Waals surface area contributed by atoms with Crippen LogP contribution in [-0.2, 0) is 14.4 Å². The molecule has 0 heterocycles. The summed E-state index contributed by atoms with van der Waals surface area (Å²) in [6.07, 6.45) is 3.68. The van der Waals surface area contributed by atoms with Crippen LogP contribution >= 0.6 is 0 Å². The second kappa shape index (κ2) is 24.2. The number of allylic oxidation sites excluding steroid dienone is 1. The highest BCUT2D eigenvalue weighted by Gasteiger charge is 1.74. The molecule has 0 saturated carbocycles. The number of carboxylic acids is 3. The molecule has 0 aromatic rings. The maximum atomic E-state index is 9.25. The lowest BCUT2D eigenvalue weighted by atomic mass is 10.7. The first-order chi connectivity index (χ1) is 8.72. The number of aliphatic carboxylic acids is 3. The van der Waals surface area contributed by atoms with Crippen LogP contribution in [-0.4, -0.2) is 33.2 Å². The lowest BCUT2D eigenvalue weighted by Crippen LogP contribution is -1.82. The summed E-state index contributed by atoms with van der Waals surface area (Å²) in [5.41, 5.74) is 0. The molecule has 0 bridgehead atoms. The van der Waals surface area contributed by atoms with Crippen molar-refractivity contribution in [2.45, 2.75) is 0 Å². The smallest absolute Gasteiger partial charge is 0.327 e. The number of carboxylic acid groups (broad SMARTS) is 3. The van der Waals surface area contributed by atoms with Crippen LogP contribution in [0.2, 0.25) is 0 Å². The van der Waals surface area contributed by atoms with Crippen molar-refractivity contribution in [3.8, 4) is 6.07 Å². The molecule has 0 aromatic carbocycles. The summed E-state index contributed by atoms with van der Waals surface area (Å²) in [5, 5.41) is 30.3. The predicted octanol–water partition coefficient (Wildman–Crippen LogP) is 1.47. The molecule has 0 aliphatic carbocycles. The average molecular weight is 269 g/mol. The minimum absolute atomic E-state index is 0.833. The summed E-state index contributed by atoms with van der Waals surface area (Å²) in [5.74, 6) is -2.94. The van der Waals surface area contributed by atoms with Crippen molar-refractivity contribution in [1.82, 2.24) is 0 Å². The lowest BCUT2D eigenvalue weighted by molar-refractivity contribution is -0.132. The van der Waals surface area contributed by atoms with E-state index >= 15 is 0 Å². The Morgan fingerprint density at radius 3 is 0.895 bits per heavy atom. The Bertz CT molecular complexity index is 322. The molecule has 19 heavy (non-hydrogen) atoms. The van der Waals surface area contributed by atoms with Crippen molar-refractivity contribution in [2.75, 3.05) is 0 Å². The van der Waals surface area contributed by atoms with Crippen molar-refractivity contribution in [3.05, 3.63) is 50.6 Å². The number of rotatable bonds is 3. The van der Waals surface area contributed by atoms with Crippen LogP contribution in [0.5, 0.6) is 0 Å². The largest absolute Gasteiger partial charge is 0.478 e. The highest BCUT2D eigenvalue weighted by atomic mass is 16.4. The van der Waals surface area contributed by atoms with E-state index in [-0.39, 0.29) is 0 Å². The topological polar surface area (TPSA) is 136 Å². The Labute approximate surface area is 110 Å². The molecule has 0 rings (SSSR count). The first-order valence-electron chi connectivity index (χ1n) is 4.29. The van der Waals surface area contributed by atoms with E-state index in [0.717, 1.165) is 18.2 Å². The van der Waals surface area contributed by atoms with Crippen molar-refractivity contribution < 1.29 is 29.7 Å². The van der Waals surface area contributed by atoms with Crippen LogP contribution in [0, 0.1) is 11.3 Å². The van der Waals surface area contributed by atoms with Gasteiger partial charge in [-0.3, -0.25) is 0 Å². The second-order valence-electron chi connectivity index (χ2n) is 1.96. The number of hydrogen-bond donors (Lipinski definition) is 3. The van der Waals surface area contributed by atoms with Gasteiger partial charge in [0.2, 0.25) is 0 Å². The van der Waals surface area contributed by atoms with Gasteiger partial charge in [-0.1, -0.05) is 26.3 Å².